The van der Waals surface area contributed by atoms with E-state index in [-0.39, 0.29) is 43.0 Å². The summed E-state index contributed by atoms with van der Waals surface area (Å²) in [6.07, 6.45) is 4.19. The van der Waals surface area contributed by atoms with E-state index in [1.54, 1.807) is 0 Å². The van der Waals surface area contributed by atoms with Crippen LogP contribution in [-0.4, -0.2) is 56.9 Å². The molecule has 1 aliphatic carbocycles. The fourth-order valence-corrected chi connectivity index (χ4v) is 4.30. The van der Waals surface area contributed by atoms with E-state index >= 15 is 0 Å². The maximum Gasteiger partial charge on any atom is 0.227 e. The molecule has 1 aromatic carbocycles. The van der Waals surface area contributed by atoms with Gasteiger partial charge in [-0.1, -0.05) is 30.3 Å². The molecule has 12 heteroatoms. The van der Waals surface area contributed by atoms with Crippen LogP contribution < -0.4 is 20.3 Å². The molecule has 0 unspecified atom stereocenters. The monoisotopic (exact) mass is 524 g/mol. The molecule has 180 valence electrons. The molecule has 0 spiro atoms. The van der Waals surface area contributed by atoms with Crippen LogP contribution >= 0.6 is 37.2 Å². The molecular formula is C20H31Cl3N6O2S. The third kappa shape index (κ3) is 8.20. The molecule has 1 aliphatic heterocycles. The van der Waals surface area contributed by atoms with Crippen LogP contribution in [0.15, 0.2) is 36.5 Å². The van der Waals surface area contributed by atoms with E-state index in [1.807, 2.05) is 36.5 Å². The van der Waals surface area contributed by atoms with Crippen LogP contribution in [-0.2, 0) is 16.6 Å². The van der Waals surface area contributed by atoms with Crippen molar-refractivity contribution in [3.05, 3.63) is 47.7 Å². The van der Waals surface area contributed by atoms with Crippen LogP contribution in [0.25, 0.3) is 0 Å². The summed E-state index contributed by atoms with van der Waals surface area (Å²) in [4.78, 5) is 11.5. The number of piperazine rings is 1. The summed E-state index contributed by atoms with van der Waals surface area (Å²) in [5.41, 5.74) is 2.04. The van der Waals surface area contributed by atoms with Gasteiger partial charge in [-0.05, 0) is 24.3 Å². The Morgan fingerprint density at radius 3 is 2.41 bits per heavy atom. The van der Waals surface area contributed by atoms with Crippen LogP contribution in [0.1, 0.15) is 29.9 Å². The van der Waals surface area contributed by atoms with Gasteiger partial charge in [0.05, 0.1) is 5.75 Å². The molecule has 2 aromatic rings. The molecule has 3 N–H and O–H groups in total. The van der Waals surface area contributed by atoms with Gasteiger partial charge in [-0.2, -0.15) is 4.98 Å². The zero-order chi connectivity index (χ0) is 20.1. The lowest BCUT2D eigenvalue weighted by Gasteiger charge is -2.28. The van der Waals surface area contributed by atoms with Crippen LogP contribution in [0.5, 0.6) is 0 Å². The number of benzene rings is 1. The Morgan fingerprint density at radius 1 is 1.06 bits per heavy atom. The number of nitrogens with zero attached hydrogens (tertiary/aromatic N) is 3. The molecule has 0 radical (unpaired) electrons. The Kier molecular flexibility index (Phi) is 12.0. The molecule has 1 aromatic heterocycles. The molecule has 8 nitrogen and oxygen atoms in total. The van der Waals surface area contributed by atoms with E-state index in [0.717, 1.165) is 56.0 Å². The number of nitrogens with one attached hydrogen (secondary N) is 3. The van der Waals surface area contributed by atoms with Crippen molar-refractivity contribution in [3.63, 3.8) is 0 Å². The highest BCUT2D eigenvalue weighted by molar-refractivity contribution is 7.89. The van der Waals surface area contributed by atoms with Gasteiger partial charge >= 0.3 is 0 Å². The third-order valence-corrected chi connectivity index (χ3v) is 6.55. The summed E-state index contributed by atoms with van der Waals surface area (Å²) in [7, 11) is -3.37. The van der Waals surface area contributed by atoms with Crippen LogP contribution in [0.4, 0.5) is 11.8 Å². The van der Waals surface area contributed by atoms with Gasteiger partial charge in [0, 0.05) is 51.0 Å². The fraction of sp³-hybridized carbons (Fsp3) is 0.500. The lowest BCUT2D eigenvalue weighted by Crippen LogP contribution is -2.44. The predicted octanol–water partition coefficient (Wildman–Crippen LogP) is 2.56. The van der Waals surface area contributed by atoms with Crippen molar-refractivity contribution in [2.75, 3.05) is 48.7 Å². The van der Waals surface area contributed by atoms with Crippen molar-refractivity contribution in [1.82, 2.24) is 20.0 Å². The van der Waals surface area contributed by atoms with E-state index in [9.17, 15) is 8.42 Å². The Bertz CT molecular complexity index is 926. The first kappa shape index (κ1) is 28.7. The first-order chi connectivity index (χ1) is 14.1. The van der Waals surface area contributed by atoms with Gasteiger partial charge in [0.2, 0.25) is 16.0 Å². The third-order valence-electron chi connectivity index (χ3n) is 5.22. The van der Waals surface area contributed by atoms with Gasteiger partial charge in [0.25, 0.3) is 0 Å². The quantitative estimate of drug-likeness (QED) is 0.463. The molecule has 0 amide bonds. The van der Waals surface area contributed by atoms with Gasteiger partial charge in [-0.25, -0.2) is 18.1 Å². The molecular weight excluding hydrogens is 495 g/mol. The second-order valence-electron chi connectivity index (χ2n) is 7.54. The van der Waals surface area contributed by atoms with Crippen molar-refractivity contribution >= 4 is 59.0 Å². The van der Waals surface area contributed by atoms with Crippen molar-refractivity contribution in [2.24, 2.45) is 0 Å². The second kappa shape index (κ2) is 13.4. The second-order valence-corrected chi connectivity index (χ2v) is 9.46. The van der Waals surface area contributed by atoms with Gasteiger partial charge in [0.15, 0.2) is 0 Å². The molecule has 1 saturated heterocycles. The van der Waals surface area contributed by atoms with Gasteiger partial charge in [-0.15, -0.1) is 37.2 Å². The lowest BCUT2D eigenvalue weighted by molar-refractivity contribution is 0.579. The lowest BCUT2D eigenvalue weighted by atomic mass is 10.2. The van der Waals surface area contributed by atoms with Crippen molar-refractivity contribution in [3.8, 4) is 0 Å². The molecule has 4 rings (SSSR count). The maximum atomic E-state index is 12.3. The minimum absolute atomic E-state index is 0. The number of sulfonamides is 1. The standard InChI is InChI=1S/C20H28N6O2S.3ClH/c27-29(28,24-14-16-4-2-1-3-5-16)13-10-22-19-18(17-6-7-17)15-23-20(25-19)26-11-8-21-9-12-26;;;/h1-5,15,17,21,24H,6-14H2,(H,22,23,25);3*1H. The van der Waals surface area contributed by atoms with Crippen LogP contribution in [0.3, 0.4) is 0 Å². The van der Waals surface area contributed by atoms with E-state index in [1.165, 1.54) is 0 Å². The Labute approximate surface area is 208 Å². The topological polar surface area (TPSA) is 99.2 Å². The average Bonchev–Trinajstić information content (AvgIpc) is 3.59. The highest BCUT2D eigenvalue weighted by Crippen LogP contribution is 2.42. The largest absolute Gasteiger partial charge is 0.369 e. The van der Waals surface area contributed by atoms with Crippen molar-refractivity contribution in [1.29, 1.82) is 0 Å². The fourth-order valence-electron chi connectivity index (χ4n) is 3.40. The SMILES string of the molecule is Cl.Cl.Cl.O=S(=O)(CCNc1nc(N2CCNCC2)ncc1C1CC1)NCc1ccccc1. The number of hydrogen-bond donors (Lipinski definition) is 3. The number of halogens is 3. The smallest absolute Gasteiger partial charge is 0.227 e. The Hall–Kier alpha value is -1.36. The first-order valence-corrected chi connectivity index (χ1v) is 11.8. The van der Waals surface area contributed by atoms with E-state index < -0.39 is 10.0 Å². The van der Waals surface area contributed by atoms with Gasteiger partial charge < -0.3 is 15.5 Å². The summed E-state index contributed by atoms with van der Waals surface area (Å²) in [6.45, 7) is 4.20. The summed E-state index contributed by atoms with van der Waals surface area (Å²) < 4.78 is 27.3. The zero-order valence-electron chi connectivity index (χ0n) is 17.7. The minimum atomic E-state index is -3.37. The van der Waals surface area contributed by atoms with Crippen LogP contribution in [0.2, 0.25) is 0 Å². The number of hydrogen-bond acceptors (Lipinski definition) is 7. The predicted molar refractivity (Wildman–Crippen MR) is 136 cm³/mol. The van der Waals surface area contributed by atoms with Crippen molar-refractivity contribution < 1.29 is 8.42 Å². The molecule has 2 heterocycles. The molecule has 1 saturated carbocycles. The molecule has 0 bridgehead atoms. The van der Waals surface area contributed by atoms with Crippen molar-refractivity contribution in [2.45, 2.75) is 25.3 Å². The normalized spacial score (nSPS) is 15.7. The average molecular weight is 526 g/mol. The Morgan fingerprint density at radius 2 is 1.75 bits per heavy atom. The van der Waals surface area contributed by atoms with Crippen LogP contribution in [0, 0.1) is 0 Å². The summed E-state index contributed by atoms with van der Waals surface area (Å²) >= 11 is 0. The van der Waals surface area contributed by atoms with E-state index in [2.05, 4.69) is 25.2 Å². The van der Waals surface area contributed by atoms with Gasteiger partial charge in [0.1, 0.15) is 5.82 Å². The highest BCUT2D eigenvalue weighted by Gasteiger charge is 2.28. The number of rotatable bonds is 9. The van der Waals surface area contributed by atoms with E-state index in [0.29, 0.717) is 25.0 Å². The maximum absolute atomic E-state index is 12.3. The highest BCUT2D eigenvalue weighted by atomic mass is 35.5. The minimum Gasteiger partial charge on any atom is -0.369 e. The number of anilines is 2. The first-order valence-electron chi connectivity index (χ1n) is 10.2. The molecule has 0 atom stereocenters. The molecule has 2 aliphatic rings. The van der Waals surface area contributed by atoms with Gasteiger partial charge in [-0.3, -0.25) is 0 Å². The summed E-state index contributed by atoms with van der Waals surface area (Å²) in [5, 5.41) is 6.58. The Balaban J connectivity index is 0.00000171. The summed E-state index contributed by atoms with van der Waals surface area (Å²) in [5.74, 6) is 1.97. The summed E-state index contributed by atoms with van der Waals surface area (Å²) in [6, 6.07) is 9.52. The zero-order valence-corrected chi connectivity index (χ0v) is 21.0. The molecule has 32 heavy (non-hydrogen) atoms. The number of aromatic nitrogens is 2. The van der Waals surface area contributed by atoms with E-state index in [4.69, 9.17) is 4.98 Å². The molecule has 2 fully saturated rings.